The van der Waals surface area contributed by atoms with E-state index in [-0.39, 0.29) is 95.1 Å². The van der Waals surface area contributed by atoms with Crippen LogP contribution in [0.15, 0.2) is 23.3 Å². The van der Waals surface area contributed by atoms with Crippen molar-refractivity contribution in [3.63, 3.8) is 0 Å². The maximum absolute atomic E-state index is 13.9. The van der Waals surface area contributed by atoms with Crippen molar-refractivity contribution >= 4 is 69.5 Å². The van der Waals surface area contributed by atoms with Gasteiger partial charge in [-0.3, -0.25) is 28.8 Å². The number of carbonyl (C=O) groups excluding carboxylic acids is 8. The van der Waals surface area contributed by atoms with E-state index < -0.39 is 83.0 Å². The number of Topliss-reactive ketones (excluding diaryl/α,β-unsaturated/α-hetero) is 2. The summed E-state index contributed by atoms with van der Waals surface area (Å²) in [5.41, 5.74) is -4.22. The Bertz CT molecular complexity index is 2020. The summed E-state index contributed by atoms with van der Waals surface area (Å²) in [5, 5.41) is 52.4. The first-order chi connectivity index (χ1) is 32.1. The molecule has 18 heteroatoms. The van der Waals surface area contributed by atoms with Crippen LogP contribution in [0.2, 0.25) is 0 Å². The molecule has 8 aliphatic rings. The van der Waals surface area contributed by atoms with Gasteiger partial charge in [-0.15, -0.1) is 0 Å². The molecule has 0 aromatic carbocycles. The molecule has 8 aliphatic carbocycles. The average molecular weight is 985 g/mol. The molecule has 6 saturated carbocycles. The van der Waals surface area contributed by atoms with Gasteiger partial charge in [-0.25, -0.2) is 9.59 Å². The van der Waals surface area contributed by atoms with E-state index in [9.17, 15) is 58.8 Å². The zero-order valence-corrected chi connectivity index (χ0v) is 41.1. The number of amides is 2. The van der Waals surface area contributed by atoms with Crippen LogP contribution in [0.4, 0.5) is 0 Å². The second-order valence-electron chi connectivity index (χ2n) is 22.3. The Morgan fingerprint density at radius 3 is 1.40 bits per heavy atom. The van der Waals surface area contributed by atoms with E-state index in [1.807, 2.05) is 13.8 Å². The van der Waals surface area contributed by atoms with E-state index in [0.717, 1.165) is 58.4 Å². The highest BCUT2D eigenvalue weighted by Gasteiger charge is 2.70. The molecule has 16 atom stereocenters. The Hall–Kier alpha value is -3.42. The van der Waals surface area contributed by atoms with Crippen LogP contribution in [0, 0.1) is 57.2 Å². The number of esters is 2. The minimum absolute atomic E-state index is 0.0341. The number of aliphatic hydroxyl groups is 4. The number of nitrogens with one attached hydrogen (secondary N) is 2. The third-order valence-corrected chi connectivity index (χ3v) is 21.8. The normalized spacial score (nSPS) is 42.2. The monoisotopic (exact) mass is 984 g/mol. The van der Waals surface area contributed by atoms with Crippen molar-refractivity contribution in [2.45, 2.75) is 153 Å². The molecule has 0 aliphatic heterocycles. The summed E-state index contributed by atoms with van der Waals surface area (Å²) in [7, 11) is 2.12. The van der Waals surface area contributed by atoms with Crippen LogP contribution in [0.25, 0.3) is 0 Å². The number of ketones is 4. The number of carbonyl (C=O) groups is 8. The Morgan fingerprint density at radius 2 is 1.03 bits per heavy atom. The van der Waals surface area contributed by atoms with Gasteiger partial charge in [0.05, 0.1) is 12.2 Å². The molecule has 6 N–H and O–H groups in total. The van der Waals surface area contributed by atoms with E-state index in [1.165, 1.54) is 0 Å². The first-order valence-electron chi connectivity index (χ1n) is 24.4. The zero-order chi connectivity index (χ0) is 49.2. The maximum Gasteiger partial charge on any atom is 0.329 e. The lowest BCUT2D eigenvalue weighted by Gasteiger charge is -2.60. The maximum atomic E-state index is 13.9. The van der Waals surface area contributed by atoms with Crippen LogP contribution in [0.3, 0.4) is 0 Å². The molecule has 0 aromatic heterocycles. The minimum Gasteiger partial charge on any atom is -0.456 e. The van der Waals surface area contributed by atoms with Gasteiger partial charge < -0.3 is 40.5 Å². The van der Waals surface area contributed by atoms with Gasteiger partial charge in [0.2, 0.25) is 24.4 Å². The molecule has 374 valence electrons. The van der Waals surface area contributed by atoms with E-state index in [0.29, 0.717) is 51.3 Å². The number of ether oxygens (including phenoxy) is 2. The predicted octanol–water partition coefficient (Wildman–Crippen LogP) is 3.29. The van der Waals surface area contributed by atoms with Crippen molar-refractivity contribution in [3.05, 3.63) is 23.3 Å². The lowest BCUT2D eigenvalue weighted by molar-refractivity contribution is -0.184. The molecule has 2 unspecified atom stereocenters. The van der Waals surface area contributed by atoms with E-state index in [2.05, 4.69) is 24.5 Å². The number of fused-ring (bicyclic) bond motifs is 10. The van der Waals surface area contributed by atoms with E-state index in [4.69, 9.17) is 9.47 Å². The molecule has 16 nitrogen and oxygen atoms in total. The first-order valence-corrected chi connectivity index (χ1v) is 26.9. The highest BCUT2D eigenvalue weighted by Crippen LogP contribution is 2.69. The molecule has 0 spiro atoms. The number of allylic oxidation sites excluding steroid dienone is 2. The molecular weight excluding hydrogens is 917 g/mol. The standard InChI is InChI=1S/C50H68N2O14S2/c1-45-13-9-29(55)17-27(45)5-7-31-33-11-15-49(63,47(33,3)19-37(57)41(31)45)39(59)21-65-43(61)35(51-25-53)23-67-68-24-36(52-26-54)44(62)66-22-40(60)50(64)16-12-34-32-8-6-28-18-30(56)10-14-46(28,2)42(32)38(58)20-48(34,50)4/h17-18,25-26,31-38,41-42,57-58,63-64H,5-16,19-24H2,1-4H3,(H,51,53)(H,52,54)/t31-,32-,33-,34-,35?,36?,37-,38-,41+,42+,45-,46-,47-,48-,49-,50-/m0/s1. The van der Waals surface area contributed by atoms with E-state index in [1.54, 1.807) is 12.2 Å². The Morgan fingerprint density at radius 1 is 0.647 bits per heavy atom. The summed E-state index contributed by atoms with van der Waals surface area (Å²) in [6.45, 7) is 6.42. The molecule has 0 heterocycles. The summed E-state index contributed by atoms with van der Waals surface area (Å²) in [6, 6.07) is -2.45. The number of hydrogen-bond donors (Lipinski definition) is 6. The third-order valence-electron chi connectivity index (χ3n) is 19.4. The van der Waals surface area contributed by atoms with Crippen molar-refractivity contribution in [3.8, 4) is 0 Å². The fourth-order valence-electron chi connectivity index (χ4n) is 15.8. The molecule has 68 heavy (non-hydrogen) atoms. The number of rotatable bonds is 17. The lowest BCUT2D eigenvalue weighted by atomic mass is 9.45. The fraction of sp³-hybridized carbons (Fsp3) is 0.760. The molecule has 0 saturated heterocycles. The van der Waals surface area contributed by atoms with Crippen molar-refractivity contribution in [2.24, 2.45) is 57.2 Å². The first kappa shape index (κ1) is 51.0. The molecular formula is C50H68N2O14S2. The highest BCUT2D eigenvalue weighted by atomic mass is 33.1. The fourth-order valence-corrected chi connectivity index (χ4v) is 18.1. The zero-order valence-electron chi connectivity index (χ0n) is 39.5. The Labute approximate surface area is 405 Å². The van der Waals surface area contributed by atoms with Gasteiger partial charge in [0.1, 0.15) is 23.3 Å². The van der Waals surface area contributed by atoms with Crippen LogP contribution in [0.1, 0.15) is 118 Å². The van der Waals surface area contributed by atoms with Gasteiger partial charge in [-0.1, -0.05) is 60.4 Å². The Kier molecular flexibility index (Phi) is 14.2. The second kappa shape index (κ2) is 19.0. The van der Waals surface area contributed by atoms with E-state index >= 15 is 0 Å². The summed E-state index contributed by atoms with van der Waals surface area (Å²) >= 11 is 0. The van der Waals surface area contributed by atoms with Gasteiger partial charge in [0, 0.05) is 35.2 Å². The number of aliphatic hydroxyl groups excluding tert-OH is 2. The van der Waals surface area contributed by atoms with Gasteiger partial charge in [-0.05, 0) is 136 Å². The topological polar surface area (TPSA) is 260 Å². The van der Waals surface area contributed by atoms with Crippen molar-refractivity contribution < 1.29 is 68.3 Å². The largest absolute Gasteiger partial charge is 0.456 e. The number of hydrogen-bond acceptors (Lipinski definition) is 16. The predicted molar refractivity (Wildman–Crippen MR) is 249 cm³/mol. The Balaban J connectivity index is 0.816. The summed E-state index contributed by atoms with van der Waals surface area (Å²) in [4.78, 5) is 102. The highest BCUT2D eigenvalue weighted by molar-refractivity contribution is 8.76. The molecule has 0 radical (unpaired) electrons. The molecule has 0 aromatic rings. The quantitative estimate of drug-likeness (QED) is 0.0529. The second-order valence-corrected chi connectivity index (χ2v) is 24.8. The van der Waals surface area contributed by atoms with Gasteiger partial charge >= 0.3 is 11.9 Å². The lowest BCUT2D eigenvalue weighted by Crippen LogP contribution is -2.62. The van der Waals surface area contributed by atoms with Crippen LogP contribution in [0.5, 0.6) is 0 Å². The van der Waals surface area contributed by atoms with Crippen molar-refractivity contribution in [1.29, 1.82) is 0 Å². The molecule has 0 bridgehead atoms. The van der Waals surface area contributed by atoms with Crippen LogP contribution >= 0.6 is 21.6 Å². The molecule has 8 rings (SSSR count). The van der Waals surface area contributed by atoms with Gasteiger partial charge in [0.15, 0.2) is 24.8 Å². The van der Waals surface area contributed by atoms with Crippen molar-refractivity contribution in [1.82, 2.24) is 10.6 Å². The van der Waals surface area contributed by atoms with Crippen molar-refractivity contribution in [2.75, 3.05) is 24.7 Å². The average Bonchev–Trinajstić information content (AvgIpc) is 3.73. The van der Waals surface area contributed by atoms with Gasteiger partial charge in [0.25, 0.3) is 0 Å². The third kappa shape index (κ3) is 8.25. The minimum atomic E-state index is -1.87. The summed E-state index contributed by atoms with van der Waals surface area (Å²) in [5.74, 6) is -3.46. The molecule has 6 fully saturated rings. The van der Waals surface area contributed by atoms with Crippen LogP contribution in [-0.4, -0.2) is 129 Å². The smallest absolute Gasteiger partial charge is 0.329 e. The molecule has 2 amide bonds. The van der Waals surface area contributed by atoms with Crippen LogP contribution in [-0.2, 0) is 47.8 Å². The SMILES string of the molecule is C[C@]12CCC(=O)C=C1CC[C@@H]1[C@@H]2[C@@H](O)C[C@@]2(C)[C@H]1CC[C@]2(O)C(=O)COC(=O)C(CSSCC(NC=O)C(=O)OCC(=O)[C@@]1(O)CC[C@H]2[C@@H]3CCC4=CC(=O)CC[C@]4(C)[C@H]3[C@@H](O)C[C@@]21C)NC=O. The van der Waals surface area contributed by atoms with Gasteiger partial charge in [-0.2, -0.15) is 0 Å². The van der Waals surface area contributed by atoms with Crippen LogP contribution < -0.4 is 10.6 Å². The summed E-state index contributed by atoms with van der Waals surface area (Å²) < 4.78 is 10.8. The summed E-state index contributed by atoms with van der Waals surface area (Å²) in [6.07, 6.45) is 9.31.